The summed E-state index contributed by atoms with van der Waals surface area (Å²) >= 11 is 0. The topological polar surface area (TPSA) is 53.0 Å². The molecule has 0 bridgehead atoms. The number of carbonyl (C=O) groups excluding carboxylic acids is 1. The van der Waals surface area contributed by atoms with Gasteiger partial charge in [-0.15, -0.1) is 0 Å². The minimum atomic E-state index is -1.05. The summed E-state index contributed by atoms with van der Waals surface area (Å²) < 4.78 is 18.6. The van der Waals surface area contributed by atoms with Crippen molar-refractivity contribution in [2.24, 2.45) is 5.92 Å². The summed E-state index contributed by atoms with van der Waals surface area (Å²) in [7, 11) is 0. The lowest BCUT2D eigenvalue weighted by Gasteiger charge is -2.41. The number of rotatable bonds is 5. The number of hydrogen-bond donors (Lipinski definition) is 1. The van der Waals surface area contributed by atoms with Crippen LogP contribution in [0, 0.1) is 11.7 Å². The van der Waals surface area contributed by atoms with Crippen molar-refractivity contribution in [3.8, 4) is 5.75 Å². The van der Waals surface area contributed by atoms with Crippen LogP contribution in [0.2, 0.25) is 0 Å². The van der Waals surface area contributed by atoms with Crippen molar-refractivity contribution in [3.63, 3.8) is 0 Å². The molecule has 1 amide bonds. The van der Waals surface area contributed by atoms with Gasteiger partial charge in [-0.05, 0) is 76.9 Å². The van der Waals surface area contributed by atoms with E-state index in [0.29, 0.717) is 31.3 Å². The van der Waals surface area contributed by atoms with Crippen LogP contribution in [0.3, 0.4) is 0 Å². The van der Waals surface area contributed by atoms with Gasteiger partial charge in [-0.1, -0.05) is 0 Å². The van der Waals surface area contributed by atoms with Gasteiger partial charge in [0, 0.05) is 18.5 Å². The van der Waals surface area contributed by atoms with E-state index in [-0.39, 0.29) is 24.2 Å². The predicted molar refractivity (Wildman–Crippen MR) is 102 cm³/mol. The molecular formula is C21H31FN2O3. The molecule has 6 heteroatoms. The van der Waals surface area contributed by atoms with E-state index >= 15 is 0 Å². The molecule has 1 aromatic carbocycles. The molecule has 0 radical (unpaired) electrons. The molecule has 1 unspecified atom stereocenters. The van der Waals surface area contributed by atoms with Gasteiger partial charge in [-0.25, -0.2) is 4.39 Å². The predicted octanol–water partition coefficient (Wildman–Crippen LogP) is 2.68. The van der Waals surface area contributed by atoms with Gasteiger partial charge in [-0.2, -0.15) is 0 Å². The van der Waals surface area contributed by atoms with Crippen LogP contribution in [-0.4, -0.2) is 65.2 Å². The molecule has 0 saturated carbocycles. The van der Waals surface area contributed by atoms with E-state index in [4.69, 9.17) is 4.74 Å². The summed E-state index contributed by atoms with van der Waals surface area (Å²) in [5, 5.41) is 10.9. The Hall–Kier alpha value is -1.66. The maximum absolute atomic E-state index is 13.0. The molecule has 5 nitrogen and oxygen atoms in total. The van der Waals surface area contributed by atoms with E-state index in [1.807, 2.05) is 4.90 Å². The van der Waals surface area contributed by atoms with Crippen molar-refractivity contribution in [2.45, 2.75) is 51.2 Å². The van der Waals surface area contributed by atoms with Gasteiger partial charge >= 0.3 is 0 Å². The standard InChI is InChI=1S/C21H31FN2O3/c1-16(2)23-12-8-17(9-13-23)20(25)24-11-3-10-21(26,14-24)15-27-19-6-4-18(22)5-7-19/h4-7,16-17,26H,3,8-15H2,1-2H3. The van der Waals surface area contributed by atoms with E-state index in [1.54, 1.807) is 12.1 Å². The molecule has 0 spiro atoms. The Morgan fingerprint density at radius 3 is 2.56 bits per heavy atom. The van der Waals surface area contributed by atoms with Crippen LogP contribution in [0.1, 0.15) is 39.5 Å². The highest BCUT2D eigenvalue weighted by atomic mass is 19.1. The number of benzene rings is 1. The minimum absolute atomic E-state index is 0.0559. The highest BCUT2D eigenvalue weighted by Crippen LogP contribution is 2.27. The van der Waals surface area contributed by atoms with Gasteiger partial charge in [-0.3, -0.25) is 4.79 Å². The number of ether oxygens (including phenoxy) is 1. The number of aliphatic hydroxyl groups is 1. The molecule has 0 aromatic heterocycles. The van der Waals surface area contributed by atoms with Crippen molar-refractivity contribution in [2.75, 3.05) is 32.8 Å². The third kappa shape index (κ3) is 5.20. The van der Waals surface area contributed by atoms with Gasteiger partial charge in [0.25, 0.3) is 0 Å². The fraction of sp³-hybridized carbons (Fsp3) is 0.667. The zero-order chi connectivity index (χ0) is 19.4. The molecule has 27 heavy (non-hydrogen) atoms. The van der Waals surface area contributed by atoms with Crippen LogP contribution in [0.25, 0.3) is 0 Å². The maximum Gasteiger partial charge on any atom is 0.225 e. The highest BCUT2D eigenvalue weighted by Gasteiger charge is 2.38. The summed E-state index contributed by atoms with van der Waals surface area (Å²) in [6.07, 6.45) is 3.14. The third-order valence-electron chi connectivity index (χ3n) is 5.80. The lowest BCUT2D eigenvalue weighted by molar-refractivity contribution is -0.146. The number of halogens is 1. The first kappa shape index (κ1) is 20.1. The van der Waals surface area contributed by atoms with Gasteiger partial charge in [0.2, 0.25) is 5.91 Å². The number of likely N-dealkylation sites (tertiary alicyclic amines) is 2. The second-order valence-electron chi connectivity index (χ2n) is 8.23. The first-order chi connectivity index (χ1) is 12.9. The van der Waals surface area contributed by atoms with Crippen LogP contribution < -0.4 is 4.74 Å². The van der Waals surface area contributed by atoms with Gasteiger partial charge < -0.3 is 19.6 Å². The molecule has 3 rings (SSSR count). The van der Waals surface area contributed by atoms with Gasteiger partial charge in [0.1, 0.15) is 23.8 Å². The van der Waals surface area contributed by atoms with Crippen molar-refractivity contribution < 1.29 is 19.0 Å². The SMILES string of the molecule is CC(C)N1CCC(C(=O)N2CCCC(O)(COc3ccc(F)cc3)C2)CC1. The van der Waals surface area contributed by atoms with E-state index in [1.165, 1.54) is 12.1 Å². The number of carbonyl (C=O) groups is 1. The molecule has 2 aliphatic heterocycles. The Kier molecular flexibility index (Phi) is 6.37. The number of piperidine rings is 2. The zero-order valence-corrected chi connectivity index (χ0v) is 16.4. The molecule has 1 atom stereocenters. The number of hydrogen-bond acceptors (Lipinski definition) is 4. The van der Waals surface area contributed by atoms with Crippen LogP contribution in [0.5, 0.6) is 5.75 Å². The summed E-state index contributed by atoms with van der Waals surface area (Å²) in [6, 6.07) is 6.28. The Bertz CT molecular complexity index is 629. The maximum atomic E-state index is 13.0. The van der Waals surface area contributed by atoms with Crippen molar-refractivity contribution in [3.05, 3.63) is 30.1 Å². The number of amides is 1. The average Bonchev–Trinajstić information content (AvgIpc) is 2.67. The molecule has 0 aliphatic carbocycles. The van der Waals surface area contributed by atoms with Crippen molar-refractivity contribution >= 4 is 5.91 Å². The van der Waals surface area contributed by atoms with Gasteiger partial charge in [0.15, 0.2) is 0 Å². The van der Waals surface area contributed by atoms with Crippen molar-refractivity contribution in [1.82, 2.24) is 9.80 Å². The van der Waals surface area contributed by atoms with Crippen LogP contribution in [-0.2, 0) is 4.79 Å². The smallest absolute Gasteiger partial charge is 0.225 e. The minimum Gasteiger partial charge on any atom is -0.491 e. The summed E-state index contributed by atoms with van der Waals surface area (Å²) in [5.74, 6) is 0.423. The number of β-amino-alcohol motifs (C(OH)–C–C–N with tert-alkyl or cyclic N) is 1. The summed E-state index contributed by atoms with van der Waals surface area (Å²) in [5.41, 5.74) is -1.05. The molecule has 1 aromatic rings. The summed E-state index contributed by atoms with van der Waals surface area (Å²) in [4.78, 5) is 17.2. The van der Waals surface area contributed by atoms with Crippen LogP contribution in [0.15, 0.2) is 24.3 Å². The monoisotopic (exact) mass is 378 g/mol. The van der Waals surface area contributed by atoms with Crippen LogP contribution in [0.4, 0.5) is 4.39 Å². The summed E-state index contributed by atoms with van der Waals surface area (Å²) in [6.45, 7) is 7.40. The molecule has 2 fully saturated rings. The molecule has 150 valence electrons. The average molecular weight is 378 g/mol. The second-order valence-corrected chi connectivity index (χ2v) is 8.23. The van der Waals surface area contributed by atoms with E-state index < -0.39 is 5.60 Å². The molecular weight excluding hydrogens is 347 g/mol. The Labute approximate surface area is 161 Å². The number of nitrogens with zero attached hydrogens (tertiary/aromatic N) is 2. The van der Waals surface area contributed by atoms with Crippen LogP contribution >= 0.6 is 0 Å². The second kappa shape index (κ2) is 8.57. The van der Waals surface area contributed by atoms with E-state index in [0.717, 1.165) is 32.4 Å². The van der Waals surface area contributed by atoms with Gasteiger partial charge in [0.05, 0.1) is 6.54 Å². The quantitative estimate of drug-likeness (QED) is 0.856. The molecule has 2 aliphatic rings. The fourth-order valence-corrected chi connectivity index (χ4v) is 4.09. The molecule has 2 heterocycles. The molecule has 1 N–H and O–H groups in total. The Morgan fingerprint density at radius 2 is 1.93 bits per heavy atom. The first-order valence-corrected chi connectivity index (χ1v) is 10.00. The zero-order valence-electron chi connectivity index (χ0n) is 16.4. The first-order valence-electron chi connectivity index (χ1n) is 10.00. The Morgan fingerprint density at radius 1 is 1.26 bits per heavy atom. The fourth-order valence-electron chi connectivity index (χ4n) is 4.09. The Balaban J connectivity index is 1.53. The highest BCUT2D eigenvalue weighted by molar-refractivity contribution is 5.79. The van der Waals surface area contributed by atoms with E-state index in [2.05, 4.69) is 18.7 Å². The van der Waals surface area contributed by atoms with E-state index in [9.17, 15) is 14.3 Å². The molecule has 2 saturated heterocycles. The third-order valence-corrected chi connectivity index (χ3v) is 5.80. The normalized spacial score (nSPS) is 25.0. The largest absolute Gasteiger partial charge is 0.491 e. The van der Waals surface area contributed by atoms with Crippen molar-refractivity contribution in [1.29, 1.82) is 0 Å². The lowest BCUT2D eigenvalue weighted by Crippen LogP contribution is -2.55. The lowest BCUT2D eigenvalue weighted by atomic mass is 9.90.